The topological polar surface area (TPSA) is 43.0 Å². The van der Waals surface area contributed by atoms with Crippen LogP contribution < -0.4 is 5.32 Å². The van der Waals surface area contributed by atoms with Gasteiger partial charge in [0.2, 0.25) is 0 Å². The summed E-state index contributed by atoms with van der Waals surface area (Å²) in [6, 6.07) is 3.98. The van der Waals surface area contributed by atoms with Crippen LogP contribution in [-0.4, -0.2) is 16.8 Å². The van der Waals surface area contributed by atoms with Gasteiger partial charge in [0.25, 0.3) is 0 Å². The van der Waals surface area contributed by atoms with E-state index >= 15 is 0 Å². The van der Waals surface area contributed by atoms with Gasteiger partial charge in [-0.05, 0) is 31.7 Å². The Hall–Kier alpha value is -1.55. The van der Waals surface area contributed by atoms with Gasteiger partial charge in [0.1, 0.15) is 11.8 Å². The first-order valence-electron chi connectivity index (χ1n) is 4.93. The molecule has 0 saturated heterocycles. The molecule has 2 aromatic rings. The summed E-state index contributed by atoms with van der Waals surface area (Å²) in [6.45, 7) is 2.03. The van der Waals surface area contributed by atoms with Crippen molar-refractivity contribution in [1.82, 2.24) is 15.1 Å². The van der Waals surface area contributed by atoms with E-state index in [-0.39, 0.29) is 6.04 Å². The average molecular weight is 205 g/mol. The average Bonchev–Trinajstić information content (AvgIpc) is 2.79. The highest BCUT2D eigenvalue weighted by molar-refractivity contribution is 5.25. The molecule has 0 fully saturated rings. The summed E-state index contributed by atoms with van der Waals surface area (Å²) in [5.74, 6) is 0.927. The fourth-order valence-electron chi connectivity index (χ4n) is 1.68. The van der Waals surface area contributed by atoms with Gasteiger partial charge in [0.15, 0.2) is 0 Å². The van der Waals surface area contributed by atoms with Gasteiger partial charge in [-0.25, -0.2) is 0 Å². The second kappa shape index (κ2) is 3.90. The minimum absolute atomic E-state index is 0.0289. The van der Waals surface area contributed by atoms with Crippen molar-refractivity contribution in [2.75, 3.05) is 7.05 Å². The highest BCUT2D eigenvalue weighted by Crippen LogP contribution is 2.23. The van der Waals surface area contributed by atoms with Crippen LogP contribution in [0.25, 0.3) is 0 Å². The monoisotopic (exact) mass is 205 g/mol. The second-order valence-electron chi connectivity index (χ2n) is 3.60. The smallest absolute Gasteiger partial charge is 0.129 e. The van der Waals surface area contributed by atoms with Crippen LogP contribution in [0.1, 0.15) is 23.1 Å². The molecule has 0 bridgehead atoms. The molecule has 0 aliphatic carbocycles. The third kappa shape index (κ3) is 1.80. The maximum absolute atomic E-state index is 5.47. The van der Waals surface area contributed by atoms with Crippen LogP contribution >= 0.6 is 0 Å². The van der Waals surface area contributed by atoms with Crippen molar-refractivity contribution >= 4 is 0 Å². The summed E-state index contributed by atoms with van der Waals surface area (Å²) < 4.78 is 7.26. The Kier molecular flexibility index (Phi) is 2.60. The van der Waals surface area contributed by atoms with Crippen LogP contribution in [0.5, 0.6) is 0 Å². The van der Waals surface area contributed by atoms with E-state index in [1.807, 2.05) is 39.3 Å². The molecule has 4 heteroatoms. The van der Waals surface area contributed by atoms with E-state index in [9.17, 15) is 0 Å². The first kappa shape index (κ1) is 9.98. The molecule has 0 aliphatic heterocycles. The lowest BCUT2D eigenvalue weighted by Crippen LogP contribution is -2.18. The Morgan fingerprint density at radius 1 is 1.47 bits per heavy atom. The third-order valence-corrected chi connectivity index (χ3v) is 2.48. The van der Waals surface area contributed by atoms with Gasteiger partial charge in [-0.2, -0.15) is 5.10 Å². The highest BCUT2D eigenvalue weighted by Gasteiger charge is 2.19. The number of nitrogens with zero attached hydrogens (tertiary/aromatic N) is 2. The van der Waals surface area contributed by atoms with Gasteiger partial charge >= 0.3 is 0 Å². The number of furan rings is 1. The van der Waals surface area contributed by atoms with Crippen molar-refractivity contribution in [2.24, 2.45) is 7.05 Å². The predicted octanol–water partition coefficient (Wildman–Crippen LogP) is 1.63. The summed E-state index contributed by atoms with van der Waals surface area (Å²) in [6.07, 6.45) is 3.63. The molecule has 0 spiro atoms. The van der Waals surface area contributed by atoms with Crippen molar-refractivity contribution in [2.45, 2.75) is 13.0 Å². The first-order valence-corrected chi connectivity index (χ1v) is 4.93. The zero-order valence-corrected chi connectivity index (χ0v) is 9.19. The lowest BCUT2D eigenvalue weighted by atomic mass is 10.1. The Balaban J connectivity index is 2.36. The molecule has 2 heterocycles. The lowest BCUT2D eigenvalue weighted by molar-refractivity contribution is 0.453. The van der Waals surface area contributed by atoms with E-state index in [0.717, 1.165) is 17.0 Å². The molecular weight excluding hydrogens is 190 g/mol. The number of hydrogen-bond donors (Lipinski definition) is 1. The normalized spacial score (nSPS) is 13.0. The SMILES string of the molecule is CNC(c1ccn(C)n1)c1occc1C. The summed E-state index contributed by atoms with van der Waals surface area (Å²) in [7, 11) is 3.81. The van der Waals surface area contributed by atoms with Crippen LogP contribution in [0.4, 0.5) is 0 Å². The summed E-state index contributed by atoms with van der Waals surface area (Å²) in [5.41, 5.74) is 2.11. The molecular formula is C11H15N3O. The largest absolute Gasteiger partial charge is 0.467 e. The van der Waals surface area contributed by atoms with Crippen molar-refractivity contribution in [1.29, 1.82) is 0 Å². The van der Waals surface area contributed by atoms with Gasteiger partial charge in [0.05, 0.1) is 12.0 Å². The molecule has 4 nitrogen and oxygen atoms in total. The minimum atomic E-state index is 0.0289. The molecule has 15 heavy (non-hydrogen) atoms. The third-order valence-electron chi connectivity index (χ3n) is 2.48. The van der Waals surface area contributed by atoms with Gasteiger partial charge < -0.3 is 9.73 Å². The van der Waals surface area contributed by atoms with Gasteiger partial charge in [-0.1, -0.05) is 0 Å². The Bertz CT molecular complexity index is 444. The molecule has 0 aromatic carbocycles. The Labute approximate surface area is 88.9 Å². The van der Waals surface area contributed by atoms with Crippen LogP contribution in [0.3, 0.4) is 0 Å². The molecule has 2 rings (SSSR count). The molecule has 0 amide bonds. The zero-order valence-electron chi connectivity index (χ0n) is 9.19. The molecule has 1 N–H and O–H groups in total. The van der Waals surface area contributed by atoms with E-state index in [2.05, 4.69) is 10.4 Å². The van der Waals surface area contributed by atoms with E-state index in [4.69, 9.17) is 4.42 Å². The van der Waals surface area contributed by atoms with Gasteiger partial charge in [0, 0.05) is 13.2 Å². The number of rotatable bonds is 3. The fraction of sp³-hybridized carbons (Fsp3) is 0.364. The Morgan fingerprint density at radius 3 is 2.73 bits per heavy atom. The fourth-order valence-corrected chi connectivity index (χ4v) is 1.68. The van der Waals surface area contributed by atoms with E-state index in [0.29, 0.717) is 0 Å². The van der Waals surface area contributed by atoms with Gasteiger partial charge in [-0.15, -0.1) is 0 Å². The number of nitrogens with one attached hydrogen (secondary N) is 1. The zero-order chi connectivity index (χ0) is 10.8. The molecule has 1 unspecified atom stereocenters. The van der Waals surface area contributed by atoms with Crippen LogP contribution in [0, 0.1) is 6.92 Å². The summed E-state index contributed by atoms with van der Waals surface area (Å²) >= 11 is 0. The second-order valence-corrected chi connectivity index (χ2v) is 3.60. The van der Waals surface area contributed by atoms with E-state index in [1.165, 1.54) is 0 Å². The quantitative estimate of drug-likeness (QED) is 0.828. The summed E-state index contributed by atoms with van der Waals surface area (Å²) in [4.78, 5) is 0. The number of aromatic nitrogens is 2. The summed E-state index contributed by atoms with van der Waals surface area (Å²) in [5, 5.41) is 7.58. The standard InChI is InChI=1S/C11H15N3O/c1-8-5-7-15-11(8)10(12-2)9-4-6-14(3)13-9/h4-7,10,12H,1-3H3. The van der Waals surface area contributed by atoms with E-state index < -0.39 is 0 Å². The maximum atomic E-state index is 5.47. The highest BCUT2D eigenvalue weighted by atomic mass is 16.3. The van der Waals surface area contributed by atoms with Gasteiger partial charge in [-0.3, -0.25) is 4.68 Å². The molecule has 0 aliphatic rings. The molecule has 1 atom stereocenters. The van der Waals surface area contributed by atoms with Crippen molar-refractivity contribution in [3.8, 4) is 0 Å². The first-order chi connectivity index (χ1) is 7.22. The Morgan fingerprint density at radius 2 is 2.27 bits per heavy atom. The van der Waals surface area contributed by atoms with E-state index in [1.54, 1.807) is 10.9 Å². The molecule has 2 aromatic heterocycles. The van der Waals surface area contributed by atoms with Crippen molar-refractivity contribution in [3.05, 3.63) is 41.6 Å². The molecule has 0 radical (unpaired) electrons. The number of hydrogen-bond acceptors (Lipinski definition) is 3. The van der Waals surface area contributed by atoms with Crippen LogP contribution in [0.15, 0.2) is 29.0 Å². The number of aryl methyl sites for hydroxylation is 2. The minimum Gasteiger partial charge on any atom is -0.467 e. The molecule has 0 saturated carbocycles. The lowest BCUT2D eigenvalue weighted by Gasteiger charge is -2.11. The van der Waals surface area contributed by atoms with Crippen molar-refractivity contribution < 1.29 is 4.42 Å². The van der Waals surface area contributed by atoms with Crippen LogP contribution in [0.2, 0.25) is 0 Å². The maximum Gasteiger partial charge on any atom is 0.129 e. The molecule has 80 valence electrons. The predicted molar refractivity (Wildman–Crippen MR) is 57.6 cm³/mol. The van der Waals surface area contributed by atoms with Crippen LogP contribution in [-0.2, 0) is 7.05 Å². The van der Waals surface area contributed by atoms with Crippen molar-refractivity contribution in [3.63, 3.8) is 0 Å².